The molecule has 1 heterocycles. The summed E-state index contributed by atoms with van der Waals surface area (Å²) in [6.45, 7) is 11.2. The van der Waals surface area contributed by atoms with Gasteiger partial charge in [0.25, 0.3) is 0 Å². The largest absolute Gasteiger partial charge is 0.376 e. The van der Waals surface area contributed by atoms with E-state index < -0.39 is 0 Å². The minimum Gasteiger partial charge on any atom is -0.376 e. The van der Waals surface area contributed by atoms with Gasteiger partial charge in [-0.2, -0.15) is 0 Å². The molecule has 0 radical (unpaired) electrons. The lowest BCUT2D eigenvalue weighted by Crippen LogP contribution is -2.44. The first-order valence-corrected chi connectivity index (χ1v) is 6.89. The second-order valence-corrected chi connectivity index (χ2v) is 6.06. The highest BCUT2D eigenvalue weighted by atomic mass is 16.6. The first-order valence-electron chi connectivity index (χ1n) is 6.89. The average Bonchev–Trinajstić information content (AvgIpc) is 2.67. The minimum atomic E-state index is -0.182. The maximum atomic E-state index is 6.16. The zero-order chi connectivity index (χ0) is 12.6. The van der Waals surface area contributed by atoms with Gasteiger partial charge in [0, 0.05) is 5.92 Å². The predicted molar refractivity (Wildman–Crippen MR) is 67.1 cm³/mol. The topological polar surface area (TPSA) is 27.7 Å². The molecule has 100 valence electrons. The van der Waals surface area contributed by atoms with Crippen LogP contribution < -0.4 is 0 Å². The van der Waals surface area contributed by atoms with Crippen molar-refractivity contribution in [1.29, 1.82) is 0 Å². The van der Waals surface area contributed by atoms with Gasteiger partial charge in [0.15, 0.2) is 0 Å². The van der Waals surface area contributed by atoms with Crippen LogP contribution in [0.25, 0.3) is 0 Å². The molecular weight excluding hydrogens is 216 g/mol. The molecule has 2 aliphatic rings. The van der Waals surface area contributed by atoms with Gasteiger partial charge in [-0.1, -0.05) is 0 Å². The van der Waals surface area contributed by atoms with E-state index in [9.17, 15) is 0 Å². The summed E-state index contributed by atoms with van der Waals surface area (Å²) in [6.07, 6.45) is 3.32. The van der Waals surface area contributed by atoms with E-state index in [4.69, 9.17) is 14.2 Å². The number of ether oxygens (including phenoxy) is 3. The zero-order valence-corrected chi connectivity index (χ0v) is 11.7. The summed E-state index contributed by atoms with van der Waals surface area (Å²) in [5.74, 6) is 0.549. The van der Waals surface area contributed by atoms with Crippen molar-refractivity contribution < 1.29 is 14.2 Å². The monoisotopic (exact) mass is 242 g/mol. The van der Waals surface area contributed by atoms with E-state index in [0.717, 1.165) is 6.42 Å². The van der Waals surface area contributed by atoms with E-state index in [1.165, 1.54) is 6.42 Å². The molecule has 1 saturated heterocycles. The lowest BCUT2D eigenvalue weighted by Gasteiger charge is -2.33. The Bertz CT molecular complexity index is 264. The van der Waals surface area contributed by atoms with Gasteiger partial charge < -0.3 is 14.2 Å². The van der Waals surface area contributed by atoms with Crippen LogP contribution in [-0.2, 0) is 14.2 Å². The highest BCUT2D eigenvalue weighted by Gasteiger charge is 2.59. The normalized spacial score (nSPS) is 40.8. The molecule has 0 aromatic rings. The number of hydrogen-bond donors (Lipinski definition) is 0. The van der Waals surface area contributed by atoms with Crippen molar-refractivity contribution >= 4 is 0 Å². The molecule has 1 aliphatic carbocycles. The lowest BCUT2D eigenvalue weighted by atomic mass is 9.98. The molecule has 3 heteroatoms. The van der Waals surface area contributed by atoms with Crippen LogP contribution in [0.3, 0.4) is 0 Å². The highest BCUT2D eigenvalue weighted by Crippen LogP contribution is 2.50. The number of fused-ring (bicyclic) bond motifs is 2. The Morgan fingerprint density at radius 1 is 1.24 bits per heavy atom. The maximum Gasteiger partial charge on any atom is 0.118 e. The molecular formula is C14H26O3. The van der Waals surface area contributed by atoms with Crippen LogP contribution in [0.4, 0.5) is 0 Å². The Kier molecular flexibility index (Phi) is 3.81. The van der Waals surface area contributed by atoms with Gasteiger partial charge in [-0.05, 0) is 47.5 Å². The molecule has 2 fully saturated rings. The van der Waals surface area contributed by atoms with Crippen molar-refractivity contribution in [2.45, 2.75) is 77.5 Å². The zero-order valence-electron chi connectivity index (χ0n) is 11.7. The van der Waals surface area contributed by atoms with Gasteiger partial charge in [-0.25, -0.2) is 0 Å². The average molecular weight is 242 g/mol. The van der Waals surface area contributed by atoms with Gasteiger partial charge in [-0.15, -0.1) is 0 Å². The van der Waals surface area contributed by atoms with Crippen LogP contribution in [-0.4, -0.2) is 36.6 Å². The van der Waals surface area contributed by atoms with Crippen molar-refractivity contribution in [3.05, 3.63) is 0 Å². The summed E-state index contributed by atoms with van der Waals surface area (Å²) < 4.78 is 18.1. The summed E-state index contributed by atoms with van der Waals surface area (Å²) in [5.41, 5.74) is -0.182. The van der Waals surface area contributed by atoms with Crippen molar-refractivity contribution in [1.82, 2.24) is 0 Å². The minimum absolute atomic E-state index is 0.182. The lowest BCUT2D eigenvalue weighted by molar-refractivity contribution is -0.152. The molecule has 0 aromatic heterocycles. The fourth-order valence-electron chi connectivity index (χ4n) is 3.17. The quantitative estimate of drug-likeness (QED) is 0.742. The molecule has 0 aromatic carbocycles. The van der Waals surface area contributed by atoms with Gasteiger partial charge in [-0.3, -0.25) is 0 Å². The fourth-order valence-corrected chi connectivity index (χ4v) is 3.17. The standard InChI is InChI=1S/C14H26O3/c1-9(2)15-8-14-7-6-12(11(5)17-14)13(14)16-10(3)4/h9-13H,6-8H2,1-5H3/t11-,12?,13+,14+/m0/s1. The van der Waals surface area contributed by atoms with E-state index in [0.29, 0.717) is 18.6 Å². The van der Waals surface area contributed by atoms with Crippen LogP contribution in [0, 0.1) is 5.92 Å². The number of rotatable bonds is 5. The SMILES string of the molecule is CC(C)OC[C@@]12CCC([C@H](C)O1)[C@H]2OC(C)C. The Labute approximate surface area is 105 Å². The van der Waals surface area contributed by atoms with Crippen molar-refractivity contribution in [3.63, 3.8) is 0 Å². The van der Waals surface area contributed by atoms with E-state index >= 15 is 0 Å². The Balaban J connectivity index is 2.07. The summed E-state index contributed by atoms with van der Waals surface area (Å²) in [6, 6.07) is 0. The van der Waals surface area contributed by atoms with Gasteiger partial charge in [0.05, 0.1) is 31.0 Å². The summed E-state index contributed by atoms with van der Waals surface area (Å²) in [5, 5.41) is 0. The van der Waals surface area contributed by atoms with Gasteiger partial charge in [0.1, 0.15) is 5.60 Å². The Morgan fingerprint density at radius 2 is 1.94 bits per heavy atom. The van der Waals surface area contributed by atoms with Gasteiger partial charge in [0.2, 0.25) is 0 Å². The van der Waals surface area contributed by atoms with E-state index in [1.54, 1.807) is 0 Å². The molecule has 2 rings (SSSR count). The summed E-state index contributed by atoms with van der Waals surface area (Å²) in [7, 11) is 0. The molecule has 1 saturated carbocycles. The van der Waals surface area contributed by atoms with Crippen LogP contribution >= 0.6 is 0 Å². The van der Waals surface area contributed by atoms with Crippen molar-refractivity contribution in [2.75, 3.05) is 6.61 Å². The second kappa shape index (κ2) is 4.87. The molecule has 4 atom stereocenters. The molecule has 0 N–H and O–H groups in total. The van der Waals surface area contributed by atoms with Crippen LogP contribution in [0.1, 0.15) is 47.5 Å². The van der Waals surface area contributed by atoms with E-state index in [2.05, 4.69) is 34.6 Å². The smallest absolute Gasteiger partial charge is 0.118 e. The first-order chi connectivity index (χ1) is 7.94. The first kappa shape index (κ1) is 13.3. The van der Waals surface area contributed by atoms with E-state index in [1.807, 2.05) is 0 Å². The van der Waals surface area contributed by atoms with Crippen LogP contribution in [0.5, 0.6) is 0 Å². The molecule has 1 unspecified atom stereocenters. The molecule has 3 nitrogen and oxygen atoms in total. The van der Waals surface area contributed by atoms with Crippen LogP contribution in [0.15, 0.2) is 0 Å². The third kappa shape index (κ3) is 2.51. The molecule has 2 bridgehead atoms. The van der Waals surface area contributed by atoms with Crippen LogP contribution in [0.2, 0.25) is 0 Å². The molecule has 0 amide bonds. The Morgan fingerprint density at radius 3 is 2.47 bits per heavy atom. The Hall–Kier alpha value is -0.120. The second-order valence-electron chi connectivity index (χ2n) is 6.06. The highest BCUT2D eigenvalue weighted by molar-refractivity contribution is 5.08. The summed E-state index contributed by atoms with van der Waals surface area (Å²) >= 11 is 0. The fraction of sp³-hybridized carbons (Fsp3) is 1.00. The molecule has 1 aliphatic heterocycles. The van der Waals surface area contributed by atoms with Crippen molar-refractivity contribution in [2.24, 2.45) is 5.92 Å². The molecule has 0 spiro atoms. The van der Waals surface area contributed by atoms with E-state index in [-0.39, 0.29) is 23.9 Å². The molecule has 17 heavy (non-hydrogen) atoms. The summed E-state index contributed by atoms with van der Waals surface area (Å²) in [4.78, 5) is 0. The third-order valence-electron chi connectivity index (χ3n) is 3.91. The number of hydrogen-bond acceptors (Lipinski definition) is 3. The van der Waals surface area contributed by atoms with Gasteiger partial charge >= 0.3 is 0 Å². The predicted octanol–water partition coefficient (Wildman–Crippen LogP) is 2.77. The van der Waals surface area contributed by atoms with Crippen molar-refractivity contribution in [3.8, 4) is 0 Å². The maximum absolute atomic E-state index is 6.16. The third-order valence-corrected chi connectivity index (χ3v) is 3.91.